The zero-order valence-electron chi connectivity index (χ0n) is 24.4. The molecule has 0 radical (unpaired) electrons. The molecule has 0 spiro atoms. The molecule has 45 heavy (non-hydrogen) atoms. The molecule has 0 atom stereocenters. The van der Waals surface area contributed by atoms with Gasteiger partial charge < -0.3 is 35.2 Å². The van der Waals surface area contributed by atoms with Gasteiger partial charge in [-0.3, -0.25) is 15.1 Å². The molecule has 4 rings (SSSR count). The van der Waals surface area contributed by atoms with E-state index in [9.17, 15) is 34.8 Å². The molecule has 0 saturated carbocycles. The Bertz CT molecular complexity index is 1670. The van der Waals surface area contributed by atoms with Gasteiger partial charge in [-0.2, -0.15) is 0 Å². The van der Waals surface area contributed by atoms with Crippen LogP contribution in [0.1, 0.15) is 50.5 Å². The lowest BCUT2D eigenvalue weighted by Crippen LogP contribution is -2.28. The monoisotopic (exact) mass is 616 g/mol. The van der Waals surface area contributed by atoms with Gasteiger partial charge in [-0.25, -0.2) is 9.59 Å². The van der Waals surface area contributed by atoms with Gasteiger partial charge in [-0.05, 0) is 84.4 Å². The third-order valence-electron chi connectivity index (χ3n) is 6.45. The molecule has 0 aromatic heterocycles. The molecule has 0 fully saturated rings. The van der Waals surface area contributed by atoms with Gasteiger partial charge in [0.1, 0.15) is 29.6 Å². The van der Waals surface area contributed by atoms with E-state index in [0.717, 1.165) is 6.07 Å². The number of ether oxygens (including phenoxy) is 2. The molecule has 0 aliphatic heterocycles. The number of carboxylic acids is 2. The summed E-state index contributed by atoms with van der Waals surface area (Å²) < 4.78 is 11.9. The Morgan fingerprint density at radius 2 is 1.18 bits per heavy atom. The van der Waals surface area contributed by atoms with Gasteiger partial charge >= 0.3 is 11.9 Å². The lowest BCUT2D eigenvalue weighted by atomic mass is 9.96. The molecule has 0 bridgehead atoms. The number of nitrogens with one attached hydrogen (secondary N) is 2. The number of carbonyl (C=O) groups is 3. The first kappa shape index (κ1) is 32.2. The zero-order valence-corrected chi connectivity index (χ0v) is 24.4. The molecule has 0 aliphatic rings. The lowest BCUT2D eigenvalue weighted by molar-refractivity contribution is 0.0682. The van der Waals surface area contributed by atoms with Gasteiger partial charge in [0.2, 0.25) is 0 Å². The number of aromatic hydroxyl groups is 2. The quantitative estimate of drug-likeness (QED) is 0.0945. The van der Waals surface area contributed by atoms with E-state index in [4.69, 9.17) is 14.3 Å². The molecule has 234 valence electrons. The standard InChI is InChI=1S/C33H32N2O10/c1-33(2,18-43-25-10-4-21(5-11-25)34-30(38)27-14-9-24(37)16-29(27)32(41)42)19-44-26-12-6-22(7-13-26)35-45-17-20-3-8-23(36)15-28(20)31(39)40/h3-16,35-37H,17-19H2,1-2H3,(H,34,38)(H,39,40)(H,41,42). The van der Waals surface area contributed by atoms with Crippen molar-refractivity contribution >= 4 is 29.2 Å². The number of amides is 1. The van der Waals surface area contributed by atoms with Crippen molar-refractivity contribution in [2.24, 2.45) is 5.41 Å². The smallest absolute Gasteiger partial charge is 0.336 e. The number of phenolic OH excluding ortho intramolecular Hbond substituents is 2. The Balaban J connectivity index is 1.22. The normalized spacial score (nSPS) is 11.0. The van der Waals surface area contributed by atoms with E-state index in [1.165, 1.54) is 30.3 Å². The SMILES string of the molecule is CC(C)(COc1ccc(NOCc2ccc(O)cc2C(=O)O)cc1)COc1ccc(NC(=O)c2ccc(O)cc2C(=O)O)cc1. The number of carbonyl (C=O) groups excluding carboxylic acids is 1. The van der Waals surface area contributed by atoms with Crippen molar-refractivity contribution in [3.63, 3.8) is 0 Å². The summed E-state index contributed by atoms with van der Waals surface area (Å²) in [5.74, 6) is -2.32. The highest BCUT2D eigenvalue weighted by atomic mass is 16.6. The largest absolute Gasteiger partial charge is 0.508 e. The van der Waals surface area contributed by atoms with Gasteiger partial charge in [-0.1, -0.05) is 19.9 Å². The molecule has 12 nitrogen and oxygen atoms in total. The molecule has 0 saturated heterocycles. The third-order valence-corrected chi connectivity index (χ3v) is 6.45. The van der Waals surface area contributed by atoms with Crippen LogP contribution in [0.3, 0.4) is 0 Å². The maximum atomic E-state index is 12.6. The van der Waals surface area contributed by atoms with E-state index in [1.807, 2.05) is 13.8 Å². The number of aromatic carboxylic acids is 2. The molecule has 0 heterocycles. The number of phenols is 2. The average Bonchev–Trinajstić information content (AvgIpc) is 3.01. The topological polar surface area (TPSA) is 184 Å². The molecule has 6 N–H and O–H groups in total. The number of hydrogen-bond donors (Lipinski definition) is 6. The summed E-state index contributed by atoms with van der Waals surface area (Å²) in [6, 6.07) is 21.2. The maximum absolute atomic E-state index is 12.6. The molecule has 4 aromatic rings. The molecule has 12 heteroatoms. The van der Waals surface area contributed by atoms with Crippen LogP contribution in [0.5, 0.6) is 23.0 Å². The minimum atomic E-state index is -1.33. The van der Waals surface area contributed by atoms with Crippen LogP contribution in [0.25, 0.3) is 0 Å². The summed E-state index contributed by atoms with van der Waals surface area (Å²) in [7, 11) is 0. The number of hydrogen-bond acceptors (Lipinski definition) is 9. The van der Waals surface area contributed by atoms with Crippen LogP contribution in [0, 0.1) is 5.41 Å². The van der Waals surface area contributed by atoms with Crippen molar-refractivity contribution < 1.29 is 49.1 Å². The summed E-state index contributed by atoms with van der Waals surface area (Å²) >= 11 is 0. The van der Waals surface area contributed by atoms with Gasteiger partial charge in [0.25, 0.3) is 5.91 Å². The van der Waals surface area contributed by atoms with Crippen molar-refractivity contribution in [3.05, 3.63) is 107 Å². The van der Waals surface area contributed by atoms with Crippen molar-refractivity contribution in [1.82, 2.24) is 0 Å². The average molecular weight is 617 g/mol. The van der Waals surface area contributed by atoms with E-state index >= 15 is 0 Å². The van der Waals surface area contributed by atoms with Gasteiger partial charge in [0, 0.05) is 11.1 Å². The Morgan fingerprint density at radius 3 is 1.73 bits per heavy atom. The fourth-order valence-corrected chi connectivity index (χ4v) is 4.04. The Labute approximate surface area is 258 Å². The fraction of sp³-hybridized carbons (Fsp3) is 0.182. The first-order valence-corrected chi connectivity index (χ1v) is 13.7. The van der Waals surface area contributed by atoms with Crippen LogP contribution >= 0.6 is 0 Å². The summed E-state index contributed by atoms with van der Waals surface area (Å²) in [4.78, 5) is 40.8. The highest BCUT2D eigenvalue weighted by Crippen LogP contribution is 2.25. The summed E-state index contributed by atoms with van der Waals surface area (Å²) in [6.45, 7) is 4.62. The van der Waals surface area contributed by atoms with Gasteiger partial charge in [0.15, 0.2) is 0 Å². The van der Waals surface area contributed by atoms with E-state index < -0.39 is 17.8 Å². The van der Waals surface area contributed by atoms with Crippen LogP contribution in [0.2, 0.25) is 0 Å². The number of rotatable bonds is 14. The summed E-state index contributed by atoms with van der Waals surface area (Å²) in [5, 5.41) is 40.3. The predicted molar refractivity (Wildman–Crippen MR) is 164 cm³/mol. The zero-order chi connectivity index (χ0) is 32.6. The fourth-order valence-electron chi connectivity index (χ4n) is 4.04. The van der Waals surface area contributed by atoms with Crippen LogP contribution in [0.4, 0.5) is 11.4 Å². The second kappa shape index (κ2) is 14.1. The van der Waals surface area contributed by atoms with Crippen molar-refractivity contribution in [3.8, 4) is 23.0 Å². The highest BCUT2D eigenvalue weighted by molar-refractivity contribution is 6.10. The van der Waals surface area contributed by atoms with Crippen LogP contribution in [-0.2, 0) is 11.4 Å². The second-order valence-electron chi connectivity index (χ2n) is 10.8. The molecule has 0 aliphatic carbocycles. The van der Waals surface area contributed by atoms with Crippen molar-refractivity contribution in [2.45, 2.75) is 20.5 Å². The third kappa shape index (κ3) is 9.12. The first-order valence-electron chi connectivity index (χ1n) is 13.7. The number of benzene rings is 4. The Morgan fingerprint density at radius 1 is 0.667 bits per heavy atom. The predicted octanol–water partition coefficient (Wildman–Crippen LogP) is 5.77. The molecule has 0 unspecified atom stereocenters. The number of carboxylic acid groups (broad SMARTS) is 2. The molecule has 4 aromatic carbocycles. The lowest BCUT2D eigenvalue weighted by Gasteiger charge is -2.25. The minimum Gasteiger partial charge on any atom is -0.508 e. The minimum absolute atomic E-state index is 0.0286. The van der Waals surface area contributed by atoms with E-state index in [-0.39, 0.29) is 40.2 Å². The van der Waals surface area contributed by atoms with Gasteiger partial charge in [0.05, 0.1) is 35.6 Å². The van der Waals surface area contributed by atoms with E-state index in [1.54, 1.807) is 48.5 Å². The molecular weight excluding hydrogens is 584 g/mol. The number of anilines is 2. The van der Waals surface area contributed by atoms with Crippen molar-refractivity contribution in [1.29, 1.82) is 0 Å². The van der Waals surface area contributed by atoms with E-state index in [2.05, 4.69) is 10.8 Å². The Kier molecular flexibility index (Phi) is 10.1. The molecule has 1 amide bonds. The first-order chi connectivity index (χ1) is 21.4. The summed E-state index contributed by atoms with van der Waals surface area (Å²) in [5.41, 5.74) is 3.43. The van der Waals surface area contributed by atoms with E-state index in [0.29, 0.717) is 41.7 Å². The maximum Gasteiger partial charge on any atom is 0.336 e. The highest BCUT2D eigenvalue weighted by Gasteiger charge is 2.21. The van der Waals surface area contributed by atoms with Crippen LogP contribution < -0.4 is 20.3 Å². The molecular formula is C33H32N2O10. The van der Waals surface area contributed by atoms with Gasteiger partial charge in [-0.15, -0.1) is 0 Å². The second-order valence-corrected chi connectivity index (χ2v) is 10.8. The van der Waals surface area contributed by atoms with Crippen molar-refractivity contribution in [2.75, 3.05) is 24.0 Å². The summed E-state index contributed by atoms with van der Waals surface area (Å²) in [6.07, 6.45) is 0. The van der Waals surface area contributed by atoms with Crippen LogP contribution in [-0.4, -0.2) is 51.5 Å². The van der Waals surface area contributed by atoms with Crippen LogP contribution in [0.15, 0.2) is 84.9 Å². The Hall–Kier alpha value is -5.75.